The fourth-order valence-corrected chi connectivity index (χ4v) is 2.21. The minimum atomic E-state index is -0.320. The summed E-state index contributed by atoms with van der Waals surface area (Å²) >= 11 is 0. The summed E-state index contributed by atoms with van der Waals surface area (Å²) in [5.41, 5.74) is 0.542. The van der Waals surface area contributed by atoms with Gasteiger partial charge in [-0.25, -0.2) is 9.78 Å². The van der Waals surface area contributed by atoms with Crippen molar-refractivity contribution >= 4 is 11.8 Å². The van der Waals surface area contributed by atoms with Crippen molar-refractivity contribution in [1.82, 2.24) is 4.98 Å². The minimum Gasteiger partial charge on any atom is -0.465 e. The third kappa shape index (κ3) is 3.19. The van der Waals surface area contributed by atoms with Crippen molar-refractivity contribution in [1.29, 1.82) is 0 Å². The van der Waals surface area contributed by atoms with Crippen LogP contribution in [0.25, 0.3) is 0 Å². The topological polar surface area (TPSA) is 51.2 Å². The van der Waals surface area contributed by atoms with Gasteiger partial charge < -0.3 is 10.1 Å². The summed E-state index contributed by atoms with van der Waals surface area (Å²) in [6.07, 6.45) is 7.88. The molecule has 1 heterocycles. The summed E-state index contributed by atoms with van der Waals surface area (Å²) in [6, 6.07) is 3.90. The molecule has 1 aromatic rings. The Balaban J connectivity index is 2.02. The van der Waals surface area contributed by atoms with E-state index in [4.69, 9.17) is 0 Å². The van der Waals surface area contributed by atoms with Gasteiger partial charge in [0.2, 0.25) is 0 Å². The summed E-state index contributed by atoms with van der Waals surface area (Å²) in [4.78, 5) is 15.6. The van der Waals surface area contributed by atoms with Crippen LogP contribution in [0.5, 0.6) is 0 Å². The molecule has 0 amide bonds. The van der Waals surface area contributed by atoms with E-state index in [0.717, 1.165) is 5.82 Å². The Labute approximate surface area is 101 Å². The molecule has 1 aromatic heterocycles. The highest BCUT2D eigenvalue weighted by molar-refractivity contribution is 5.89. The molecule has 2 rings (SSSR count). The van der Waals surface area contributed by atoms with Gasteiger partial charge in [-0.15, -0.1) is 0 Å². The molecular weight excluding hydrogens is 216 g/mol. The van der Waals surface area contributed by atoms with Gasteiger partial charge in [-0.1, -0.05) is 19.3 Å². The smallest absolute Gasteiger partial charge is 0.338 e. The van der Waals surface area contributed by atoms with Crippen LogP contribution in [0.15, 0.2) is 18.3 Å². The molecule has 0 aromatic carbocycles. The Morgan fingerprint density at radius 1 is 1.41 bits per heavy atom. The van der Waals surface area contributed by atoms with Crippen molar-refractivity contribution in [3.8, 4) is 0 Å². The number of ether oxygens (including phenoxy) is 1. The van der Waals surface area contributed by atoms with E-state index >= 15 is 0 Å². The number of rotatable bonds is 3. The molecule has 4 nitrogen and oxygen atoms in total. The Kier molecular flexibility index (Phi) is 3.96. The first kappa shape index (κ1) is 11.9. The Hall–Kier alpha value is -1.58. The second kappa shape index (κ2) is 5.66. The molecule has 1 saturated carbocycles. The molecule has 1 N–H and O–H groups in total. The van der Waals surface area contributed by atoms with Gasteiger partial charge in [0, 0.05) is 12.2 Å². The lowest BCUT2D eigenvalue weighted by Gasteiger charge is -2.23. The van der Waals surface area contributed by atoms with E-state index in [0.29, 0.717) is 11.6 Å². The van der Waals surface area contributed by atoms with Crippen LogP contribution in [0.1, 0.15) is 42.5 Å². The number of nitrogens with zero attached hydrogens (tertiary/aromatic N) is 1. The van der Waals surface area contributed by atoms with E-state index in [9.17, 15) is 4.79 Å². The number of carbonyl (C=O) groups is 1. The molecule has 0 bridgehead atoms. The Morgan fingerprint density at radius 3 is 2.88 bits per heavy atom. The van der Waals surface area contributed by atoms with Crippen LogP contribution in [-0.2, 0) is 4.74 Å². The lowest BCUT2D eigenvalue weighted by Crippen LogP contribution is -2.22. The van der Waals surface area contributed by atoms with Crippen LogP contribution in [0.3, 0.4) is 0 Å². The van der Waals surface area contributed by atoms with Crippen molar-refractivity contribution in [3.63, 3.8) is 0 Å². The molecule has 1 fully saturated rings. The van der Waals surface area contributed by atoms with Crippen LogP contribution in [0.2, 0.25) is 0 Å². The van der Waals surface area contributed by atoms with Gasteiger partial charge in [0.1, 0.15) is 5.82 Å². The largest absolute Gasteiger partial charge is 0.465 e. The van der Waals surface area contributed by atoms with Gasteiger partial charge in [0.15, 0.2) is 0 Å². The molecule has 17 heavy (non-hydrogen) atoms. The summed E-state index contributed by atoms with van der Waals surface area (Å²) in [5.74, 6) is 0.443. The quantitative estimate of drug-likeness (QED) is 0.817. The van der Waals surface area contributed by atoms with E-state index in [1.165, 1.54) is 39.2 Å². The first-order chi connectivity index (χ1) is 8.29. The second-order valence-corrected chi connectivity index (χ2v) is 4.40. The van der Waals surface area contributed by atoms with Crippen molar-refractivity contribution < 1.29 is 9.53 Å². The number of aromatic nitrogens is 1. The number of pyridine rings is 1. The highest BCUT2D eigenvalue weighted by Gasteiger charge is 2.14. The SMILES string of the molecule is COC(=O)c1ccnc(NC2CCCCC2)c1. The minimum absolute atomic E-state index is 0.320. The van der Waals surface area contributed by atoms with Crippen LogP contribution in [0.4, 0.5) is 5.82 Å². The second-order valence-electron chi connectivity index (χ2n) is 4.40. The van der Waals surface area contributed by atoms with Crippen LogP contribution in [-0.4, -0.2) is 24.1 Å². The van der Waals surface area contributed by atoms with Crippen LogP contribution in [0, 0.1) is 0 Å². The van der Waals surface area contributed by atoms with E-state index < -0.39 is 0 Å². The number of hydrogen-bond donors (Lipinski definition) is 1. The average Bonchev–Trinajstić information content (AvgIpc) is 2.39. The molecule has 4 heteroatoms. The molecule has 0 radical (unpaired) electrons. The van der Waals surface area contributed by atoms with E-state index in [1.54, 1.807) is 18.3 Å². The van der Waals surface area contributed by atoms with Gasteiger partial charge in [0.25, 0.3) is 0 Å². The number of hydrogen-bond acceptors (Lipinski definition) is 4. The molecule has 0 atom stereocenters. The summed E-state index contributed by atoms with van der Waals surface area (Å²) in [7, 11) is 1.39. The van der Waals surface area contributed by atoms with Crippen molar-refractivity contribution in [2.24, 2.45) is 0 Å². The van der Waals surface area contributed by atoms with Gasteiger partial charge in [-0.3, -0.25) is 0 Å². The summed E-state index contributed by atoms with van der Waals surface area (Å²) < 4.78 is 4.69. The highest BCUT2D eigenvalue weighted by Crippen LogP contribution is 2.21. The molecule has 1 aliphatic rings. The molecule has 92 valence electrons. The predicted octanol–water partition coefficient (Wildman–Crippen LogP) is 2.61. The predicted molar refractivity (Wildman–Crippen MR) is 66.1 cm³/mol. The van der Waals surface area contributed by atoms with E-state index in [1.807, 2.05) is 0 Å². The zero-order valence-corrected chi connectivity index (χ0v) is 10.1. The maximum Gasteiger partial charge on any atom is 0.338 e. The summed E-state index contributed by atoms with van der Waals surface area (Å²) in [5, 5.41) is 3.38. The fourth-order valence-electron chi connectivity index (χ4n) is 2.21. The lowest BCUT2D eigenvalue weighted by molar-refractivity contribution is 0.0600. The van der Waals surface area contributed by atoms with Crippen LogP contribution < -0.4 is 5.32 Å². The van der Waals surface area contributed by atoms with Crippen molar-refractivity contribution in [3.05, 3.63) is 23.9 Å². The first-order valence-corrected chi connectivity index (χ1v) is 6.10. The number of esters is 1. The molecule has 0 spiro atoms. The summed E-state index contributed by atoms with van der Waals surface area (Å²) in [6.45, 7) is 0. The Bertz CT molecular complexity index is 387. The average molecular weight is 234 g/mol. The van der Waals surface area contributed by atoms with Crippen LogP contribution >= 0.6 is 0 Å². The Morgan fingerprint density at radius 2 is 2.18 bits per heavy atom. The third-order valence-corrected chi connectivity index (χ3v) is 3.14. The van der Waals surface area contributed by atoms with Crippen molar-refractivity contribution in [2.45, 2.75) is 38.1 Å². The molecular formula is C13H18N2O2. The monoisotopic (exact) mass is 234 g/mol. The van der Waals surface area contributed by atoms with Gasteiger partial charge in [-0.05, 0) is 25.0 Å². The van der Waals surface area contributed by atoms with E-state index in [-0.39, 0.29) is 5.97 Å². The number of nitrogens with one attached hydrogen (secondary N) is 1. The van der Waals surface area contributed by atoms with Gasteiger partial charge in [0.05, 0.1) is 12.7 Å². The fraction of sp³-hybridized carbons (Fsp3) is 0.538. The third-order valence-electron chi connectivity index (χ3n) is 3.14. The molecule has 0 saturated heterocycles. The number of methoxy groups -OCH3 is 1. The maximum absolute atomic E-state index is 11.4. The van der Waals surface area contributed by atoms with Gasteiger partial charge >= 0.3 is 5.97 Å². The highest BCUT2D eigenvalue weighted by atomic mass is 16.5. The first-order valence-electron chi connectivity index (χ1n) is 6.10. The van der Waals surface area contributed by atoms with Gasteiger partial charge in [-0.2, -0.15) is 0 Å². The molecule has 0 aliphatic heterocycles. The maximum atomic E-state index is 11.4. The number of carbonyl (C=O) groups excluding carboxylic acids is 1. The van der Waals surface area contributed by atoms with Crippen molar-refractivity contribution in [2.75, 3.05) is 12.4 Å². The standard InChI is InChI=1S/C13H18N2O2/c1-17-13(16)10-7-8-14-12(9-10)15-11-5-3-2-4-6-11/h7-9,11H,2-6H2,1H3,(H,14,15). The number of anilines is 1. The zero-order chi connectivity index (χ0) is 12.1. The zero-order valence-electron chi connectivity index (χ0n) is 10.1. The molecule has 1 aliphatic carbocycles. The normalized spacial score (nSPS) is 16.5. The van der Waals surface area contributed by atoms with E-state index in [2.05, 4.69) is 15.0 Å². The molecule has 0 unspecified atom stereocenters. The lowest BCUT2D eigenvalue weighted by atomic mass is 9.95.